The van der Waals surface area contributed by atoms with E-state index in [-0.39, 0.29) is 5.84 Å². The molecule has 2 rings (SSSR count). The number of anilines is 1. The maximum atomic E-state index is 7.51. The molecule has 17 heavy (non-hydrogen) atoms. The number of rotatable bonds is 2. The molecule has 0 aromatic carbocycles. The van der Waals surface area contributed by atoms with Crippen molar-refractivity contribution in [1.82, 2.24) is 4.98 Å². The molecule has 3 N–H and O–H groups in total. The predicted molar refractivity (Wildman–Crippen MR) is 70.6 cm³/mol. The summed E-state index contributed by atoms with van der Waals surface area (Å²) in [5, 5.41) is 7.51. The Morgan fingerprint density at radius 3 is 2.71 bits per heavy atom. The number of nitrogens with one attached hydrogen (secondary N) is 1. The lowest BCUT2D eigenvalue weighted by atomic mass is 9.93. The molecule has 2 heterocycles. The number of aryl methyl sites for hydroxylation is 1. The van der Waals surface area contributed by atoms with E-state index in [0.29, 0.717) is 5.41 Å². The number of pyridine rings is 1. The topological polar surface area (TPSA) is 66.0 Å². The van der Waals surface area contributed by atoms with Crippen molar-refractivity contribution in [3.63, 3.8) is 0 Å². The van der Waals surface area contributed by atoms with Gasteiger partial charge in [0, 0.05) is 24.3 Å². The average molecular weight is 232 g/mol. The van der Waals surface area contributed by atoms with Gasteiger partial charge >= 0.3 is 0 Å². The first-order valence-corrected chi connectivity index (χ1v) is 5.95. The normalized spacial score (nSPS) is 18.4. The van der Waals surface area contributed by atoms with Crippen LogP contribution in [0.4, 0.5) is 5.82 Å². The third-order valence-corrected chi connectivity index (χ3v) is 3.25. The fourth-order valence-corrected chi connectivity index (χ4v) is 2.28. The van der Waals surface area contributed by atoms with E-state index >= 15 is 0 Å². The fourth-order valence-electron chi connectivity index (χ4n) is 2.28. The summed E-state index contributed by atoms with van der Waals surface area (Å²) in [6.45, 7) is 8.53. The van der Waals surface area contributed by atoms with E-state index in [4.69, 9.17) is 11.1 Å². The fraction of sp³-hybridized carbons (Fsp3) is 0.538. The Balaban J connectivity index is 2.30. The number of nitrogen functional groups attached to an aromatic ring is 1. The second kappa shape index (κ2) is 4.02. The number of amidine groups is 1. The van der Waals surface area contributed by atoms with Crippen LogP contribution in [0.1, 0.15) is 31.5 Å². The zero-order valence-corrected chi connectivity index (χ0v) is 10.7. The summed E-state index contributed by atoms with van der Waals surface area (Å²) in [4.78, 5) is 6.81. The van der Waals surface area contributed by atoms with Crippen LogP contribution in [0.3, 0.4) is 0 Å². The van der Waals surface area contributed by atoms with Crippen LogP contribution in [-0.4, -0.2) is 23.9 Å². The number of nitrogens with zero attached hydrogens (tertiary/aromatic N) is 2. The molecular formula is C13H20N4. The summed E-state index contributed by atoms with van der Waals surface area (Å²) in [5.41, 5.74) is 7.57. The van der Waals surface area contributed by atoms with Gasteiger partial charge < -0.3 is 10.6 Å². The molecule has 1 saturated heterocycles. The summed E-state index contributed by atoms with van der Waals surface area (Å²) < 4.78 is 0. The lowest BCUT2D eigenvalue weighted by molar-refractivity contribution is 0.418. The van der Waals surface area contributed by atoms with Crippen molar-refractivity contribution in [2.24, 2.45) is 11.1 Å². The maximum absolute atomic E-state index is 7.51. The zero-order chi connectivity index (χ0) is 12.6. The SMILES string of the molecule is Cc1cc(C(=N)N)cc(N2CCC(C)(C)C2)n1. The molecule has 92 valence electrons. The van der Waals surface area contributed by atoms with Gasteiger partial charge in [-0.3, -0.25) is 5.41 Å². The van der Waals surface area contributed by atoms with E-state index in [0.717, 1.165) is 30.2 Å². The second-order valence-electron chi connectivity index (χ2n) is 5.60. The summed E-state index contributed by atoms with van der Waals surface area (Å²) in [6, 6.07) is 3.77. The standard InChI is InChI=1S/C13H20N4/c1-9-6-10(12(14)15)7-11(16-9)17-5-4-13(2,3)8-17/h6-7H,4-5,8H2,1-3H3,(H3,14,15). The van der Waals surface area contributed by atoms with Gasteiger partial charge in [0.05, 0.1) is 0 Å². The number of aromatic nitrogens is 1. The van der Waals surface area contributed by atoms with Gasteiger partial charge in [0.15, 0.2) is 0 Å². The predicted octanol–water partition coefficient (Wildman–Crippen LogP) is 1.91. The van der Waals surface area contributed by atoms with Crippen LogP contribution in [-0.2, 0) is 0 Å². The molecule has 4 nitrogen and oxygen atoms in total. The third kappa shape index (κ3) is 2.57. The zero-order valence-electron chi connectivity index (χ0n) is 10.7. The molecule has 0 amide bonds. The van der Waals surface area contributed by atoms with Crippen LogP contribution in [0.25, 0.3) is 0 Å². The first-order chi connectivity index (χ1) is 7.87. The molecule has 1 aromatic rings. The van der Waals surface area contributed by atoms with Crippen molar-refractivity contribution in [2.75, 3.05) is 18.0 Å². The highest BCUT2D eigenvalue weighted by atomic mass is 15.2. The van der Waals surface area contributed by atoms with Gasteiger partial charge in [-0.1, -0.05) is 13.8 Å². The van der Waals surface area contributed by atoms with Crippen molar-refractivity contribution in [3.8, 4) is 0 Å². The molecule has 1 aliphatic rings. The van der Waals surface area contributed by atoms with Crippen LogP contribution >= 0.6 is 0 Å². The molecule has 1 fully saturated rings. The molecule has 0 atom stereocenters. The molecule has 4 heteroatoms. The molecule has 0 bridgehead atoms. The Morgan fingerprint density at radius 2 is 2.18 bits per heavy atom. The van der Waals surface area contributed by atoms with Crippen molar-refractivity contribution in [3.05, 3.63) is 23.4 Å². The van der Waals surface area contributed by atoms with Gasteiger partial charge in [0.2, 0.25) is 0 Å². The Morgan fingerprint density at radius 1 is 1.47 bits per heavy atom. The van der Waals surface area contributed by atoms with E-state index in [1.54, 1.807) is 0 Å². The highest BCUT2D eigenvalue weighted by molar-refractivity contribution is 5.95. The van der Waals surface area contributed by atoms with Gasteiger partial charge in [0.25, 0.3) is 0 Å². The molecule has 0 aliphatic carbocycles. The molecule has 0 saturated carbocycles. The van der Waals surface area contributed by atoms with E-state index in [1.807, 2.05) is 19.1 Å². The maximum Gasteiger partial charge on any atom is 0.129 e. The van der Waals surface area contributed by atoms with Crippen molar-refractivity contribution in [1.29, 1.82) is 5.41 Å². The van der Waals surface area contributed by atoms with E-state index in [9.17, 15) is 0 Å². The smallest absolute Gasteiger partial charge is 0.129 e. The van der Waals surface area contributed by atoms with Crippen molar-refractivity contribution < 1.29 is 0 Å². The van der Waals surface area contributed by atoms with Crippen LogP contribution in [0.2, 0.25) is 0 Å². The third-order valence-electron chi connectivity index (χ3n) is 3.25. The summed E-state index contributed by atoms with van der Waals surface area (Å²) in [6.07, 6.45) is 1.18. The quantitative estimate of drug-likeness (QED) is 0.604. The minimum atomic E-state index is 0.107. The van der Waals surface area contributed by atoms with Crippen LogP contribution < -0.4 is 10.6 Å². The summed E-state index contributed by atoms with van der Waals surface area (Å²) in [7, 11) is 0. The van der Waals surface area contributed by atoms with E-state index in [2.05, 4.69) is 23.7 Å². The highest BCUT2D eigenvalue weighted by Crippen LogP contribution is 2.31. The average Bonchev–Trinajstić information content (AvgIpc) is 2.58. The first-order valence-electron chi connectivity index (χ1n) is 5.95. The van der Waals surface area contributed by atoms with Gasteiger partial charge in [-0.15, -0.1) is 0 Å². The summed E-state index contributed by atoms with van der Waals surface area (Å²) >= 11 is 0. The molecular weight excluding hydrogens is 212 g/mol. The molecule has 0 spiro atoms. The van der Waals surface area contributed by atoms with Crippen LogP contribution in [0.15, 0.2) is 12.1 Å². The molecule has 1 aliphatic heterocycles. The van der Waals surface area contributed by atoms with Crippen molar-refractivity contribution in [2.45, 2.75) is 27.2 Å². The van der Waals surface area contributed by atoms with Gasteiger partial charge in [-0.05, 0) is 30.9 Å². The molecule has 0 radical (unpaired) electrons. The highest BCUT2D eigenvalue weighted by Gasteiger charge is 2.30. The number of hydrogen-bond donors (Lipinski definition) is 2. The Labute approximate surface area is 102 Å². The monoisotopic (exact) mass is 232 g/mol. The van der Waals surface area contributed by atoms with Gasteiger partial charge in [0.1, 0.15) is 11.7 Å². The van der Waals surface area contributed by atoms with E-state index in [1.165, 1.54) is 6.42 Å². The first kappa shape index (κ1) is 11.9. The van der Waals surface area contributed by atoms with Crippen LogP contribution in [0.5, 0.6) is 0 Å². The summed E-state index contributed by atoms with van der Waals surface area (Å²) in [5.74, 6) is 1.05. The largest absolute Gasteiger partial charge is 0.384 e. The minimum Gasteiger partial charge on any atom is -0.384 e. The second-order valence-corrected chi connectivity index (χ2v) is 5.60. The van der Waals surface area contributed by atoms with Crippen molar-refractivity contribution >= 4 is 11.7 Å². The lowest BCUT2D eigenvalue weighted by Gasteiger charge is -2.21. The Hall–Kier alpha value is -1.58. The van der Waals surface area contributed by atoms with Crippen LogP contribution in [0, 0.1) is 17.7 Å². The number of hydrogen-bond acceptors (Lipinski definition) is 3. The van der Waals surface area contributed by atoms with Gasteiger partial charge in [-0.2, -0.15) is 0 Å². The molecule has 1 aromatic heterocycles. The lowest BCUT2D eigenvalue weighted by Crippen LogP contribution is -2.24. The Bertz CT molecular complexity index is 451. The van der Waals surface area contributed by atoms with Gasteiger partial charge in [-0.25, -0.2) is 4.98 Å². The minimum absolute atomic E-state index is 0.107. The molecule has 0 unspecified atom stereocenters. The number of nitrogens with two attached hydrogens (primary N) is 1. The van der Waals surface area contributed by atoms with E-state index < -0.39 is 0 Å². The Kier molecular flexibility index (Phi) is 2.81.